The van der Waals surface area contributed by atoms with E-state index in [1.807, 2.05) is 13.8 Å². The van der Waals surface area contributed by atoms with Gasteiger partial charge in [-0.2, -0.15) is 0 Å². The van der Waals surface area contributed by atoms with Gasteiger partial charge in [0.05, 0.1) is 18.7 Å². The molecule has 2 saturated carbocycles. The van der Waals surface area contributed by atoms with Crippen LogP contribution < -0.4 is 0 Å². The fourth-order valence-corrected chi connectivity index (χ4v) is 2.64. The molecule has 3 rings (SSSR count). The minimum absolute atomic E-state index is 0.210. The monoisotopic (exact) mass is 237 g/mol. The van der Waals surface area contributed by atoms with Gasteiger partial charge in [-0.15, -0.1) is 0 Å². The highest BCUT2D eigenvalue weighted by molar-refractivity contribution is 5.90. The number of hydrogen-bond acceptors (Lipinski definition) is 3. The molecular weight excluding hydrogens is 221 g/mol. The summed E-state index contributed by atoms with van der Waals surface area (Å²) in [4.78, 5) is 15.2. The van der Waals surface area contributed by atoms with Gasteiger partial charge < -0.3 is 4.74 Å². The van der Waals surface area contributed by atoms with Crippen molar-refractivity contribution >= 4 is 5.97 Å². The van der Waals surface area contributed by atoms with Crippen LogP contribution in [0.4, 0.5) is 4.39 Å². The maximum Gasteiger partial charge on any atom is 0.312 e. The minimum atomic E-state index is -0.413. The highest BCUT2D eigenvalue weighted by Gasteiger charge is 2.89. The normalized spacial score (nSPS) is 31.8. The van der Waals surface area contributed by atoms with Gasteiger partial charge in [-0.3, -0.25) is 9.78 Å². The second kappa shape index (κ2) is 3.79. The molecule has 0 bridgehead atoms. The number of fused-ring (bicyclic) bond motifs is 1. The minimum Gasteiger partial charge on any atom is -0.469 e. The molecule has 0 spiro atoms. The van der Waals surface area contributed by atoms with Crippen LogP contribution in [0.15, 0.2) is 18.5 Å². The molecule has 0 N–H and O–H groups in total. The Kier molecular flexibility index (Phi) is 2.68. The largest absolute Gasteiger partial charge is 0.469 e. The van der Waals surface area contributed by atoms with E-state index in [2.05, 4.69) is 4.98 Å². The Morgan fingerprint density at radius 1 is 1.47 bits per heavy atom. The topological polar surface area (TPSA) is 39.2 Å². The predicted octanol–water partition coefficient (Wildman–Crippen LogP) is 2.45. The molecule has 0 radical (unpaired) electrons. The summed E-state index contributed by atoms with van der Waals surface area (Å²) in [6.45, 7) is 4.00. The Hall–Kier alpha value is -1.45. The SMILES string of the molecule is CC.COC(=O)C12CC1(c1ccncc1F)C2. The van der Waals surface area contributed by atoms with E-state index >= 15 is 0 Å². The fraction of sp³-hybridized carbons (Fsp3) is 0.538. The molecule has 3 nitrogen and oxygen atoms in total. The van der Waals surface area contributed by atoms with E-state index in [1.165, 1.54) is 13.3 Å². The maximum absolute atomic E-state index is 13.5. The fourth-order valence-electron chi connectivity index (χ4n) is 2.64. The molecule has 92 valence electrons. The second-order valence-corrected chi connectivity index (χ2v) is 4.36. The summed E-state index contributed by atoms with van der Waals surface area (Å²) >= 11 is 0. The number of pyridine rings is 1. The van der Waals surface area contributed by atoms with Crippen LogP contribution in [-0.2, 0) is 14.9 Å². The lowest BCUT2D eigenvalue weighted by Gasteiger charge is -2.02. The zero-order chi connectivity index (χ0) is 12.7. The molecule has 1 heterocycles. The van der Waals surface area contributed by atoms with Gasteiger partial charge in [-0.25, -0.2) is 4.39 Å². The number of carbonyl (C=O) groups is 1. The first kappa shape index (κ1) is 12.0. The quantitative estimate of drug-likeness (QED) is 0.742. The lowest BCUT2D eigenvalue weighted by molar-refractivity contribution is -0.144. The second-order valence-electron chi connectivity index (χ2n) is 4.36. The number of methoxy groups -OCH3 is 1. The standard InChI is InChI=1S/C11H10FNO2.C2H6/c1-15-9(14)11-5-10(11,6-11)7-2-3-13-4-8(7)12;1-2/h2-4H,5-6H2,1H3;1-2H3. The molecule has 0 aromatic carbocycles. The van der Waals surface area contributed by atoms with E-state index in [-0.39, 0.29) is 17.2 Å². The molecule has 4 heteroatoms. The van der Waals surface area contributed by atoms with Gasteiger partial charge in [0.1, 0.15) is 5.82 Å². The number of aromatic nitrogens is 1. The van der Waals surface area contributed by atoms with Crippen molar-refractivity contribution in [2.24, 2.45) is 5.41 Å². The number of halogens is 1. The van der Waals surface area contributed by atoms with Gasteiger partial charge in [0.15, 0.2) is 0 Å². The van der Waals surface area contributed by atoms with E-state index in [0.29, 0.717) is 18.4 Å². The molecule has 2 aliphatic rings. The Morgan fingerprint density at radius 2 is 2.12 bits per heavy atom. The molecule has 0 saturated heterocycles. The first-order chi connectivity index (χ1) is 8.16. The van der Waals surface area contributed by atoms with E-state index in [9.17, 15) is 9.18 Å². The molecule has 2 aliphatic carbocycles. The molecule has 0 unspecified atom stereocenters. The maximum atomic E-state index is 13.5. The highest BCUT2D eigenvalue weighted by atomic mass is 19.1. The highest BCUT2D eigenvalue weighted by Crippen LogP contribution is 2.86. The van der Waals surface area contributed by atoms with Crippen molar-refractivity contribution in [2.45, 2.75) is 32.1 Å². The van der Waals surface area contributed by atoms with Crippen molar-refractivity contribution in [3.8, 4) is 0 Å². The molecule has 17 heavy (non-hydrogen) atoms. The molecule has 1 aromatic heterocycles. The van der Waals surface area contributed by atoms with Crippen LogP contribution in [0, 0.1) is 11.2 Å². The number of carbonyl (C=O) groups excluding carboxylic acids is 1. The molecular formula is C13H16FNO2. The molecule has 2 fully saturated rings. The Labute approximate surface area is 100 Å². The Balaban J connectivity index is 0.000000514. The average Bonchev–Trinajstić information content (AvgIpc) is 3.18. The zero-order valence-corrected chi connectivity index (χ0v) is 10.3. The van der Waals surface area contributed by atoms with Gasteiger partial charge in [-0.05, 0) is 24.5 Å². The Morgan fingerprint density at radius 3 is 2.65 bits per heavy atom. The zero-order valence-electron chi connectivity index (χ0n) is 10.3. The summed E-state index contributed by atoms with van der Waals surface area (Å²) in [5.74, 6) is -0.528. The predicted molar refractivity (Wildman–Crippen MR) is 60.9 cm³/mol. The van der Waals surface area contributed by atoms with Gasteiger partial charge in [-0.1, -0.05) is 13.8 Å². The van der Waals surface area contributed by atoms with Gasteiger partial charge in [0.25, 0.3) is 0 Å². The van der Waals surface area contributed by atoms with Crippen LogP contribution in [0.25, 0.3) is 0 Å². The van der Waals surface area contributed by atoms with E-state index in [1.54, 1.807) is 12.3 Å². The number of hydrogen-bond donors (Lipinski definition) is 0. The average molecular weight is 237 g/mol. The van der Waals surface area contributed by atoms with Crippen LogP contribution in [0.5, 0.6) is 0 Å². The van der Waals surface area contributed by atoms with E-state index in [4.69, 9.17) is 4.74 Å². The van der Waals surface area contributed by atoms with Crippen molar-refractivity contribution in [2.75, 3.05) is 7.11 Å². The number of esters is 1. The van der Waals surface area contributed by atoms with Crippen LogP contribution in [0.1, 0.15) is 32.3 Å². The Bertz CT molecular complexity index is 452. The summed E-state index contributed by atoms with van der Waals surface area (Å²) < 4.78 is 18.2. The number of rotatable bonds is 2. The first-order valence-electron chi connectivity index (χ1n) is 5.85. The van der Waals surface area contributed by atoms with Crippen molar-refractivity contribution in [1.82, 2.24) is 4.98 Å². The summed E-state index contributed by atoms with van der Waals surface area (Å²) in [6, 6.07) is 1.66. The van der Waals surface area contributed by atoms with Gasteiger partial charge in [0.2, 0.25) is 0 Å². The van der Waals surface area contributed by atoms with Gasteiger partial charge >= 0.3 is 5.97 Å². The lowest BCUT2D eigenvalue weighted by atomic mass is 10.1. The van der Waals surface area contributed by atoms with Gasteiger partial charge in [0, 0.05) is 11.6 Å². The van der Waals surface area contributed by atoms with Crippen molar-refractivity contribution in [3.63, 3.8) is 0 Å². The third-order valence-electron chi connectivity index (χ3n) is 3.74. The van der Waals surface area contributed by atoms with E-state index in [0.717, 1.165) is 0 Å². The van der Waals surface area contributed by atoms with Crippen LogP contribution in [-0.4, -0.2) is 18.1 Å². The summed E-state index contributed by atoms with van der Waals surface area (Å²) in [6.07, 6.45) is 4.19. The smallest absolute Gasteiger partial charge is 0.312 e. The summed E-state index contributed by atoms with van der Waals surface area (Å²) in [5.41, 5.74) is -0.0697. The lowest BCUT2D eigenvalue weighted by Crippen LogP contribution is -2.08. The molecule has 0 aliphatic heterocycles. The van der Waals surface area contributed by atoms with Crippen LogP contribution >= 0.6 is 0 Å². The number of nitrogens with zero attached hydrogens (tertiary/aromatic N) is 1. The summed E-state index contributed by atoms with van der Waals surface area (Å²) in [7, 11) is 1.38. The summed E-state index contributed by atoms with van der Waals surface area (Å²) in [5, 5.41) is 0. The van der Waals surface area contributed by atoms with Crippen LogP contribution in [0.2, 0.25) is 0 Å². The van der Waals surface area contributed by atoms with Crippen LogP contribution in [0.3, 0.4) is 0 Å². The third-order valence-corrected chi connectivity index (χ3v) is 3.74. The van der Waals surface area contributed by atoms with Crippen molar-refractivity contribution < 1.29 is 13.9 Å². The molecule has 0 amide bonds. The van der Waals surface area contributed by atoms with Crippen molar-refractivity contribution in [3.05, 3.63) is 29.8 Å². The molecule has 0 atom stereocenters. The van der Waals surface area contributed by atoms with E-state index < -0.39 is 5.41 Å². The first-order valence-corrected chi connectivity index (χ1v) is 5.85. The van der Waals surface area contributed by atoms with Crippen molar-refractivity contribution in [1.29, 1.82) is 0 Å². The molecule has 1 aromatic rings. The number of ether oxygens (including phenoxy) is 1. The third kappa shape index (κ3) is 1.39.